The molecule has 0 N–H and O–H groups in total. The maximum atomic E-state index is 13.2. The molecule has 0 amide bonds. The molecule has 5 rings (SSSR count). The molecule has 4 heterocycles. The van der Waals surface area contributed by atoms with Crippen molar-refractivity contribution in [2.45, 2.75) is 9.92 Å². The monoisotopic (exact) mass is 435 g/mol. The van der Waals surface area contributed by atoms with Gasteiger partial charge in [0.2, 0.25) is 14.9 Å². The van der Waals surface area contributed by atoms with Gasteiger partial charge in [0.15, 0.2) is 11.5 Å². The number of rotatable bonds is 3. The first kappa shape index (κ1) is 17.8. The van der Waals surface area contributed by atoms with E-state index in [0.717, 1.165) is 16.0 Å². The fourth-order valence-corrected chi connectivity index (χ4v) is 5.64. The van der Waals surface area contributed by atoms with Crippen LogP contribution < -0.4 is 4.90 Å². The number of halogens is 1. The van der Waals surface area contributed by atoms with Gasteiger partial charge in [-0.2, -0.15) is 4.52 Å². The second-order valence-corrected chi connectivity index (χ2v) is 9.48. The number of hydrogen-bond acceptors (Lipinski definition) is 8. The van der Waals surface area contributed by atoms with Crippen LogP contribution in [0.3, 0.4) is 0 Å². The number of morpholine rings is 1. The van der Waals surface area contributed by atoms with Crippen LogP contribution in [0.5, 0.6) is 0 Å². The Morgan fingerprint density at radius 1 is 1.18 bits per heavy atom. The lowest BCUT2D eigenvalue weighted by molar-refractivity contribution is 0.122. The summed E-state index contributed by atoms with van der Waals surface area (Å²) in [6.45, 7) is 2.58. The Hall–Kier alpha value is -2.27. The van der Waals surface area contributed by atoms with Gasteiger partial charge in [0.1, 0.15) is 0 Å². The van der Waals surface area contributed by atoms with Crippen molar-refractivity contribution < 1.29 is 13.2 Å². The number of nitrogens with zero attached hydrogens (tertiary/aromatic N) is 5. The lowest BCUT2D eigenvalue weighted by Crippen LogP contribution is -2.36. The van der Waals surface area contributed by atoms with E-state index in [1.165, 1.54) is 28.0 Å². The highest BCUT2D eigenvalue weighted by molar-refractivity contribution is 7.91. The van der Waals surface area contributed by atoms with Crippen molar-refractivity contribution in [1.82, 2.24) is 19.8 Å². The minimum atomic E-state index is -3.93. The number of benzene rings is 1. The van der Waals surface area contributed by atoms with Gasteiger partial charge in [-0.1, -0.05) is 22.9 Å². The van der Waals surface area contributed by atoms with Crippen LogP contribution in [0, 0.1) is 0 Å². The first-order chi connectivity index (χ1) is 13.6. The summed E-state index contributed by atoms with van der Waals surface area (Å²) >= 11 is 7.52. The highest BCUT2D eigenvalue weighted by Gasteiger charge is 2.28. The third kappa shape index (κ3) is 2.75. The average Bonchev–Trinajstić information content (AvgIpc) is 3.35. The van der Waals surface area contributed by atoms with Crippen molar-refractivity contribution in [2.24, 2.45) is 0 Å². The number of ether oxygens (including phenoxy) is 1. The molecule has 0 aliphatic carbocycles. The molecule has 1 aliphatic heterocycles. The molecular formula is C17H14ClN5O3S2. The molecule has 1 aliphatic rings. The molecule has 0 radical (unpaired) electrons. The van der Waals surface area contributed by atoms with Gasteiger partial charge < -0.3 is 9.64 Å². The molecule has 11 heteroatoms. The van der Waals surface area contributed by atoms with Crippen LogP contribution in [-0.4, -0.2) is 54.5 Å². The van der Waals surface area contributed by atoms with Crippen molar-refractivity contribution in [1.29, 1.82) is 0 Å². The molecule has 0 bridgehead atoms. The molecule has 0 atom stereocenters. The lowest BCUT2D eigenvalue weighted by atomic mass is 10.3. The highest BCUT2D eigenvalue weighted by atomic mass is 35.5. The normalized spacial score (nSPS) is 15.5. The zero-order valence-electron chi connectivity index (χ0n) is 14.4. The van der Waals surface area contributed by atoms with Crippen molar-refractivity contribution >= 4 is 54.5 Å². The number of hydrogen-bond donors (Lipinski definition) is 0. The largest absolute Gasteiger partial charge is 0.378 e. The Kier molecular flexibility index (Phi) is 4.23. The van der Waals surface area contributed by atoms with Crippen molar-refractivity contribution in [3.05, 3.63) is 40.7 Å². The molecule has 1 fully saturated rings. The van der Waals surface area contributed by atoms with E-state index >= 15 is 0 Å². The van der Waals surface area contributed by atoms with Gasteiger partial charge in [0, 0.05) is 18.1 Å². The summed E-state index contributed by atoms with van der Waals surface area (Å²) in [5.74, 6) is 0.727. The summed E-state index contributed by atoms with van der Waals surface area (Å²) in [5.41, 5.74) is 0.976. The molecule has 0 saturated carbocycles. The Morgan fingerprint density at radius 3 is 2.79 bits per heavy atom. The van der Waals surface area contributed by atoms with E-state index in [1.807, 2.05) is 11.4 Å². The highest BCUT2D eigenvalue weighted by Crippen LogP contribution is 2.33. The predicted octanol–water partition coefficient (Wildman–Crippen LogP) is 2.66. The topological polar surface area (TPSA) is 89.7 Å². The summed E-state index contributed by atoms with van der Waals surface area (Å²) in [7, 11) is -3.93. The fourth-order valence-electron chi connectivity index (χ4n) is 3.22. The maximum absolute atomic E-state index is 13.2. The zero-order chi connectivity index (χ0) is 19.3. The van der Waals surface area contributed by atoms with E-state index < -0.39 is 9.84 Å². The summed E-state index contributed by atoms with van der Waals surface area (Å²) in [4.78, 5) is 6.84. The van der Waals surface area contributed by atoms with Crippen molar-refractivity contribution in [3.8, 4) is 0 Å². The van der Waals surface area contributed by atoms with Gasteiger partial charge in [-0.25, -0.2) is 13.4 Å². The standard InChI is InChI=1S/C17H14ClN5O3S2/c18-11-2-1-3-12(10-11)28(24,25)17-16-19-15(22-5-7-26-8-6-22)14-13(4-9-27-14)23(16)21-20-17/h1-4,9-10H,5-8H2. The first-order valence-corrected chi connectivity index (χ1v) is 11.3. The van der Waals surface area contributed by atoms with Gasteiger partial charge >= 0.3 is 0 Å². The Balaban J connectivity index is 1.75. The third-order valence-corrected chi connectivity index (χ3v) is 7.36. The molecule has 0 spiro atoms. The van der Waals surface area contributed by atoms with E-state index in [4.69, 9.17) is 16.3 Å². The van der Waals surface area contributed by atoms with E-state index in [-0.39, 0.29) is 15.6 Å². The summed E-state index contributed by atoms with van der Waals surface area (Å²) in [6, 6.07) is 7.98. The smallest absolute Gasteiger partial charge is 0.229 e. The number of anilines is 1. The van der Waals surface area contributed by atoms with Crippen LogP contribution >= 0.6 is 22.9 Å². The average molecular weight is 436 g/mol. The second kappa shape index (κ2) is 6.66. The summed E-state index contributed by atoms with van der Waals surface area (Å²) in [5, 5.41) is 10.1. The molecule has 3 aromatic heterocycles. The Morgan fingerprint density at radius 2 is 2.00 bits per heavy atom. The molecule has 1 aromatic carbocycles. The van der Waals surface area contributed by atoms with E-state index in [2.05, 4.69) is 20.2 Å². The van der Waals surface area contributed by atoms with Crippen LogP contribution in [0.2, 0.25) is 5.02 Å². The third-order valence-electron chi connectivity index (χ3n) is 4.58. The molecule has 8 nitrogen and oxygen atoms in total. The fraction of sp³-hybridized carbons (Fsp3) is 0.235. The Labute approximate surface area is 169 Å². The van der Waals surface area contributed by atoms with Gasteiger partial charge in [-0.15, -0.1) is 16.4 Å². The van der Waals surface area contributed by atoms with E-state index in [9.17, 15) is 8.42 Å². The summed E-state index contributed by atoms with van der Waals surface area (Å²) in [6.07, 6.45) is 0. The summed E-state index contributed by atoms with van der Waals surface area (Å²) < 4.78 is 34.2. The van der Waals surface area contributed by atoms with Crippen molar-refractivity contribution in [3.63, 3.8) is 0 Å². The first-order valence-electron chi connectivity index (χ1n) is 8.52. The quantitative estimate of drug-likeness (QED) is 0.488. The number of fused-ring (bicyclic) bond motifs is 3. The molecule has 0 unspecified atom stereocenters. The lowest BCUT2D eigenvalue weighted by Gasteiger charge is -2.28. The molecule has 4 aromatic rings. The van der Waals surface area contributed by atoms with Crippen LogP contribution in [0.4, 0.5) is 5.82 Å². The molecule has 28 heavy (non-hydrogen) atoms. The van der Waals surface area contributed by atoms with Gasteiger partial charge in [0.05, 0.1) is 28.3 Å². The van der Waals surface area contributed by atoms with Gasteiger partial charge in [-0.05, 0) is 29.6 Å². The van der Waals surface area contributed by atoms with Gasteiger partial charge in [-0.3, -0.25) is 0 Å². The molecular weight excluding hydrogens is 422 g/mol. The van der Waals surface area contributed by atoms with Crippen LogP contribution in [-0.2, 0) is 14.6 Å². The van der Waals surface area contributed by atoms with Crippen LogP contribution in [0.15, 0.2) is 45.6 Å². The molecule has 1 saturated heterocycles. The van der Waals surface area contributed by atoms with Gasteiger partial charge in [0.25, 0.3) is 0 Å². The van der Waals surface area contributed by atoms with Crippen LogP contribution in [0.1, 0.15) is 0 Å². The minimum Gasteiger partial charge on any atom is -0.378 e. The predicted molar refractivity (Wildman–Crippen MR) is 106 cm³/mol. The number of sulfone groups is 1. The zero-order valence-corrected chi connectivity index (χ0v) is 16.8. The SMILES string of the molecule is O=S(=O)(c1cccc(Cl)c1)c1nnn2c1nc(N1CCOCC1)c1sccc12. The molecule has 144 valence electrons. The van der Waals surface area contributed by atoms with E-state index in [0.29, 0.717) is 31.3 Å². The van der Waals surface area contributed by atoms with E-state index in [1.54, 1.807) is 12.1 Å². The maximum Gasteiger partial charge on any atom is 0.229 e. The minimum absolute atomic E-state index is 0.0579. The Bertz CT molecular complexity index is 1290. The second-order valence-electron chi connectivity index (χ2n) is 6.26. The van der Waals surface area contributed by atoms with Crippen LogP contribution in [0.25, 0.3) is 15.9 Å². The number of aromatic nitrogens is 4. The van der Waals surface area contributed by atoms with Crippen molar-refractivity contribution in [2.75, 3.05) is 31.2 Å². The number of thiophene rings is 1.